The van der Waals surface area contributed by atoms with E-state index in [9.17, 15) is 14.3 Å². The van der Waals surface area contributed by atoms with E-state index in [1.165, 1.54) is 12.1 Å². The first-order valence-electron chi connectivity index (χ1n) is 8.19. The third-order valence-corrected chi connectivity index (χ3v) is 4.54. The Morgan fingerprint density at radius 1 is 1.25 bits per heavy atom. The molecule has 0 spiro atoms. The summed E-state index contributed by atoms with van der Waals surface area (Å²) < 4.78 is 14.7. The molecule has 0 aliphatic carbocycles. The van der Waals surface area contributed by atoms with Crippen molar-refractivity contribution >= 4 is 5.97 Å². The number of nitrogens with zero attached hydrogens (tertiary/aromatic N) is 2. The molecule has 0 atom stereocenters. The molecule has 0 bridgehead atoms. The molecule has 5 nitrogen and oxygen atoms in total. The fraction of sp³-hybridized carbons (Fsp3) is 0.444. The van der Waals surface area contributed by atoms with Gasteiger partial charge in [0.25, 0.3) is 0 Å². The molecule has 6 heteroatoms. The van der Waals surface area contributed by atoms with Crippen molar-refractivity contribution in [3.05, 3.63) is 53.6 Å². The molecule has 0 radical (unpaired) electrons. The van der Waals surface area contributed by atoms with Crippen LogP contribution >= 0.6 is 0 Å². The highest BCUT2D eigenvalue weighted by Gasteiger charge is 2.34. The lowest BCUT2D eigenvalue weighted by atomic mass is 9.82. The summed E-state index contributed by atoms with van der Waals surface area (Å²) in [4.78, 5) is 11.5. The van der Waals surface area contributed by atoms with Crippen molar-refractivity contribution in [3.63, 3.8) is 0 Å². The van der Waals surface area contributed by atoms with Gasteiger partial charge in [0.15, 0.2) is 0 Å². The van der Waals surface area contributed by atoms with Crippen molar-refractivity contribution in [2.75, 3.05) is 6.54 Å². The maximum Gasteiger partial charge on any atom is 0.310 e. The van der Waals surface area contributed by atoms with Gasteiger partial charge in [0, 0.05) is 24.8 Å². The first-order chi connectivity index (χ1) is 11.5. The summed E-state index contributed by atoms with van der Waals surface area (Å²) in [5.41, 5.74) is 1.24. The fourth-order valence-corrected chi connectivity index (χ4v) is 2.69. The molecule has 130 valence electrons. The van der Waals surface area contributed by atoms with Gasteiger partial charge in [-0.15, -0.1) is 0 Å². The number of rotatable bonds is 9. The standard InChI is InChI=1S/C18H24FN3O2/c1-3-18(4-2,17(23)24)13-20-9-15-10-21-22(12-15)11-14-5-7-16(19)8-6-14/h5-8,10,12,20H,3-4,9,11,13H2,1-2H3,(H,23,24). The van der Waals surface area contributed by atoms with Crippen LogP contribution in [-0.4, -0.2) is 27.4 Å². The molecular weight excluding hydrogens is 309 g/mol. The Kier molecular flexibility index (Phi) is 6.09. The highest BCUT2D eigenvalue weighted by Crippen LogP contribution is 2.25. The minimum absolute atomic E-state index is 0.252. The maximum atomic E-state index is 12.9. The largest absolute Gasteiger partial charge is 0.481 e. The average Bonchev–Trinajstić information content (AvgIpc) is 3.01. The third kappa shape index (κ3) is 4.41. The average molecular weight is 333 g/mol. The summed E-state index contributed by atoms with van der Waals surface area (Å²) in [6.07, 6.45) is 4.86. The number of hydrogen-bond donors (Lipinski definition) is 2. The second-order valence-electron chi connectivity index (χ2n) is 6.07. The molecule has 0 saturated carbocycles. The van der Waals surface area contributed by atoms with E-state index in [1.807, 2.05) is 20.0 Å². The van der Waals surface area contributed by atoms with E-state index in [0.717, 1.165) is 11.1 Å². The Labute approximate surface area is 141 Å². The Morgan fingerprint density at radius 3 is 2.50 bits per heavy atom. The van der Waals surface area contributed by atoms with Gasteiger partial charge in [0.05, 0.1) is 18.2 Å². The zero-order valence-corrected chi connectivity index (χ0v) is 14.1. The minimum Gasteiger partial charge on any atom is -0.481 e. The van der Waals surface area contributed by atoms with E-state index >= 15 is 0 Å². The fourth-order valence-electron chi connectivity index (χ4n) is 2.69. The zero-order valence-electron chi connectivity index (χ0n) is 14.1. The van der Waals surface area contributed by atoms with Crippen LogP contribution in [0.4, 0.5) is 4.39 Å². The molecule has 2 N–H and O–H groups in total. The second kappa shape index (κ2) is 8.06. The Morgan fingerprint density at radius 2 is 1.92 bits per heavy atom. The van der Waals surface area contributed by atoms with Crippen molar-refractivity contribution in [2.24, 2.45) is 5.41 Å². The molecule has 2 aromatic rings. The van der Waals surface area contributed by atoms with Crippen molar-refractivity contribution in [2.45, 2.75) is 39.8 Å². The van der Waals surface area contributed by atoms with Crippen molar-refractivity contribution < 1.29 is 14.3 Å². The molecule has 0 aliphatic rings. The summed E-state index contributed by atoms with van der Waals surface area (Å²) in [5.74, 6) is -1.01. The van der Waals surface area contributed by atoms with Crippen LogP contribution in [0.5, 0.6) is 0 Å². The van der Waals surface area contributed by atoms with Crippen LogP contribution in [0.1, 0.15) is 37.8 Å². The van der Waals surface area contributed by atoms with Gasteiger partial charge in [-0.3, -0.25) is 9.48 Å². The molecule has 1 aromatic carbocycles. The van der Waals surface area contributed by atoms with E-state index in [4.69, 9.17) is 0 Å². The Hall–Kier alpha value is -2.21. The number of carbonyl (C=O) groups is 1. The summed E-state index contributed by atoms with van der Waals surface area (Å²) in [6, 6.07) is 6.34. The molecule has 24 heavy (non-hydrogen) atoms. The predicted molar refractivity (Wildman–Crippen MR) is 90.1 cm³/mol. The van der Waals surface area contributed by atoms with E-state index < -0.39 is 11.4 Å². The second-order valence-corrected chi connectivity index (χ2v) is 6.07. The molecule has 0 fully saturated rings. The van der Waals surface area contributed by atoms with Crippen molar-refractivity contribution in [3.8, 4) is 0 Å². The van der Waals surface area contributed by atoms with Crippen LogP contribution in [-0.2, 0) is 17.9 Å². The molecule has 0 unspecified atom stereocenters. The quantitative estimate of drug-likeness (QED) is 0.740. The smallest absolute Gasteiger partial charge is 0.310 e. The van der Waals surface area contributed by atoms with Gasteiger partial charge in [-0.1, -0.05) is 26.0 Å². The molecule has 0 saturated heterocycles. The number of aromatic nitrogens is 2. The van der Waals surface area contributed by atoms with Gasteiger partial charge in [-0.2, -0.15) is 5.10 Å². The maximum absolute atomic E-state index is 12.9. The van der Waals surface area contributed by atoms with Crippen LogP contribution in [0, 0.1) is 11.2 Å². The van der Waals surface area contributed by atoms with Gasteiger partial charge in [-0.25, -0.2) is 4.39 Å². The lowest BCUT2D eigenvalue weighted by molar-refractivity contribution is -0.149. The van der Waals surface area contributed by atoms with Crippen LogP contribution in [0.3, 0.4) is 0 Å². The summed E-state index contributed by atoms with van der Waals surface area (Å²) in [5, 5.41) is 16.9. The Bertz CT molecular complexity index is 663. The van der Waals surface area contributed by atoms with Gasteiger partial charge < -0.3 is 10.4 Å². The molecule has 0 aliphatic heterocycles. The van der Waals surface area contributed by atoms with E-state index in [-0.39, 0.29) is 5.82 Å². The van der Waals surface area contributed by atoms with E-state index in [0.29, 0.717) is 32.5 Å². The zero-order chi connectivity index (χ0) is 17.6. The summed E-state index contributed by atoms with van der Waals surface area (Å²) >= 11 is 0. The number of nitrogens with one attached hydrogen (secondary N) is 1. The third-order valence-electron chi connectivity index (χ3n) is 4.54. The summed E-state index contributed by atoms with van der Waals surface area (Å²) in [6.45, 7) is 5.38. The van der Waals surface area contributed by atoms with Crippen LogP contribution in [0.15, 0.2) is 36.7 Å². The molecule has 0 amide bonds. The van der Waals surface area contributed by atoms with E-state index in [2.05, 4.69) is 10.4 Å². The number of hydrogen-bond acceptors (Lipinski definition) is 3. The van der Waals surface area contributed by atoms with Crippen molar-refractivity contribution in [1.82, 2.24) is 15.1 Å². The Balaban J connectivity index is 1.89. The van der Waals surface area contributed by atoms with Gasteiger partial charge in [0.2, 0.25) is 0 Å². The first-order valence-corrected chi connectivity index (χ1v) is 8.19. The lowest BCUT2D eigenvalue weighted by Crippen LogP contribution is -2.39. The predicted octanol–water partition coefficient (Wildman–Crippen LogP) is 3.05. The number of carboxylic acid groups (broad SMARTS) is 1. The number of halogens is 1. The normalized spacial score (nSPS) is 11.6. The van der Waals surface area contributed by atoms with Gasteiger partial charge in [0.1, 0.15) is 5.82 Å². The van der Waals surface area contributed by atoms with Crippen molar-refractivity contribution in [1.29, 1.82) is 0 Å². The van der Waals surface area contributed by atoms with Gasteiger partial charge in [-0.05, 0) is 30.5 Å². The molecule has 1 heterocycles. The monoisotopic (exact) mass is 333 g/mol. The van der Waals surface area contributed by atoms with Crippen LogP contribution < -0.4 is 5.32 Å². The SMILES string of the molecule is CCC(CC)(CNCc1cnn(Cc2ccc(F)cc2)c1)C(=O)O. The summed E-state index contributed by atoms with van der Waals surface area (Å²) in [7, 11) is 0. The number of aliphatic carboxylic acids is 1. The highest BCUT2D eigenvalue weighted by atomic mass is 19.1. The van der Waals surface area contributed by atoms with Crippen LogP contribution in [0.25, 0.3) is 0 Å². The molecular formula is C18H24FN3O2. The number of carboxylic acids is 1. The van der Waals surface area contributed by atoms with E-state index in [1.54, 1.807) is 23.0 Å². The highest BCUT2D eigenvalue weighted by molar-refractivity contribution is 5.74. The van der Waals surface area contributed by atoms with Crippen LogP contribution in [0.2, 0.25) is 0 Å². The minimum atomic E-state index is -0.757. The topological polar surface area (TPSA) is 67.2 Å². The van der Waals surface area contributed by atoms with Gasteiger partial charge >= 0.3 is 5.97 Å². The lowest BCUT2D eigenvalue weighted by Gasteiger charge is -2.26. The number of benzene rings is 1. The molecule has 2 rings (SSSR count). The molecule has 1 aromatic heterocycles. The first kappa shape index (κ1) is 18.1.